The van der Waals surface area contributed by atoms with E-state index in [2.05, 4.69) is 0 Å². The quantitative estimate of drug-likeness (QED) is 0.657. The van der Waals surface area contributed by atoms with Crippen LogP contribution in [-0.2, 0) is 0 Å². The van der Waals surface area contributed by atoms with Gasteiger partial charge < -0.3 is 15.3 Å². The molecule has 0 heterocycles. The maximum atomic E-state index is 10.6. The maximum absolute atomic E-state index is 10.6. The molecule has 1 rings (SSSR count). The van der Waals surface area contributed by atoms with E-state index in [1.54, 1.807) is 0 Å². The van der Waals surface area contributed by atoms with Crippen LogP contribution in [0.2, 0.25) is 0 Å². The van der Waals surface area contributed by atoms with E-state index < -0.39 is 17.9 Å². The number of hydrogen-bond donors (Lipinski definition) is 3. The number of aromatic carboxylic acids is 3. The Morgan fingerprint density at radius 1 is 0.688 bits per heavy atom. The fourth-order valence-electron chi connectivity index (χ4n) is 0.998. The van der Waals surface area contributed by atoms with Crippen LogP contribution in [0.4, 0.5) is 0 Å². The van der Waals surface area contributed by atoms with Gasteiger partial charge in [0.05, 0.1) is 16.7 Å². The molecule has 6 nitrogen and oxygen atoms in total. The number of carboxylic acids is 3. The van der Waals surface area contributed by atoms with E-state index in [0.717, 1.165) is 18.2 Å². The minimum absolute atomic E-state index is 0. The van der Waals surface area contributed by atoms with Gasteiger partial charge in [-0.15, -0.1) is 0 Å². The monoisotopic (exact) mass is 250 g/mol. The molecule has 0 saturated carbocycles. The van der Waals surface area contributed by atoms with Crippen LogP contribution >= 0.6 is 0 Å². The first-order valence-corrected chi connectivity index (χ1v) is 3.77. The number of hydrogen-bond acceptors (Lipinski definition) is 3. The summed E-state index contributed by atoms with van der Waals surface area (Å²) in [6.45, 7) is 0. The third-order valence-electron chi connectivity index (χ3n) is 1.67. The molecule has 0 fully saturated rings. The summed E-state index contributed by atoms with van der Waals surface area (Å²) in [7, 11) is 0. The van der Waals surface area contributed by atoms with Gasteiger partial charge in [0, 0.05) is 0 Å². The predicted molar refractivity (Wildman–Crippen MR) is 54.5 cm³/mol. The van der Waals surface area contributed by atoms with Crippen LogP contribution in [0.1, 0.15) is 31.1 Å². The van der Waals surface area contributed by atoms with E-state index in [-0.39, 0.29) is 68.1 Å². The molecule has 0 aliphatic heterocycles. The third kappa shape index (κ3) is 3.69. The molecule has 80 valence electrons. The van der Waals surface area contributed by atoms with Crippen LogP contribution in [0, 0.1) is 0 Å². The Morgan fingerprint density at radius 3 is 1.00 bits per heavy atom. The fraction of sp³-hybridized carbons (Fsp3) is 0. The third-order valence-corrected chi connectivity index (χ3v) is 1.67. The molecule has 0 aromatic heterocycles. The van der Waals surface area contributed by atoms with E-state index >= 15 is 0 Å². The Bertz CT molecular complexity index is 374. The summed E-state index contributed by atoms with van der Waals surface area (Å²) in [5, 5.41) is 25.8. The fourth-order valence-corrected chi connectivity index (χ4v) is 0.998. The summed E-state index contributed by atoms with van der Waals surface area (Å²) in [5.74, 6) is -4.12. The van der Waals surface area contributed by atoms with Crippen LogP contribution < -0.4 is 0 Å². The van der Waals surface area contributed by atoms with Crippen molar-refractivity contribution in [2.24, 2.45) is 0 Å². The SMILES string of the molecule is O=C(O)c1cc(C(=O)O)cc(C(=O)O)c1.[KH]. The van der Waals surface area contributed by atoms with Crippen LogP contribution in [0.15, 0.2) is 18.2 Å². The van der Waals surface area contributed by atoms with E-state index in [1.165, 1.54) is 0 Å². The van der Waals surface area contributed by atoms with Gasteiger partial charge in [-0.2, -0.15) is 0 Å². The molecule has 3 N–H and O–H groups in total. The summed E-state index contributed by atoms with van der Waals surface area (Å²) < 4.78 is 0. The average molecular weight is 250 g/mol. The number of carbonyl (C=O) groups is 3. The van der Waals surface area contributed by atoms with Gasteiger partial charge in [-0.05, 0) is 18.2 Å². The van der Waals surface area contributed by atoms with Gasteiger partial charge in [0.15, 0.2) is 0 Å². The van der Waals surface area contributed by atoms with Crippen molar-refractivity contribution in [1.29, 1.82) is 0 Å². The van der Waals surface area contributed by atoms with Gasteiger partial charge in [-0.3, -0.25) is 0 Å². The predicted octanol–water partition coefficient (Wildman–Crippen LogP) is 0.133. The zero-order chi connectivity index (χ0) is 11.6. The van der Waals surface area contributed by atoms with Gasteiger partial charge in [0.1, 0.15) is 0 Å². The van der Waals surface area contributed by atoms with Crippen LogP contribution in [0.3, 0.4) is 0 Å². The molecular weight excluding hydrogens is 243 g/mol. The second-order valence-corrected chi connectivity index (χ2v) is 2.71. The van der Waals surface area contributed by atoms with Crippen molar-refractivity contribution in [3.63, 3.8) is 0 Å². The molecule has 0 radical (unpaired) electrons. The molecule has 0 bridgehead atoms. The summed E-state index contributed by atoms with van der Waals surface area (Å²) in [6, 6.07) is 2.70. The summed E-state index contributed by atoms with van der Waals surface area (Å²) in [5.41, 5.74) is -1.10. The van der Waals surface area contributed by atoms with Crippen molar-refractivity contribution in [2.45, 2.75) is 0 Å². The van der Waals surface area contributed by atoms with Gasteiger partial charge >= 0.3 is 69.3 Å². The van der Waals surface area contributed by atoms with Crippen molar-refractivity contribution >= 4 is 69.3 Å². The first-order valence-electron chi connectivity index (χ1n) is 3.77. The second kappa shape index (κ2) is 6.11. The van der Waals surface area contributed by atoms with Gasteiger partial charge in [0.2, 0.25) is 0 Å². The molecule has 0 aliphatic carbocycles. The minimum atomic E-state index is -1.37. The van der Waals surface area contributed by atoms with E-state index in [0.29, 0.717) is 0 Å². The summed E-state index contributed by atoms with van der Waals surface area (Å²) in [6.07, 6.45) is 0. The number of benzene rings is 1. The molecule has 1 aromatic rings. The van der Waals surface area contributed by atoms with Gasteiger partial charge in [-0.1, -0.05) is 0 Å². The molecule has 1 aromatic carbocycles. The summed E-state index contributed by atoms with van der Waals surface area (Å²) >= 11 is 0. The topological polar surface area (TPSA) is 112 Å². The zero-order valence-electron chi connectivity index (χ0n) is 7.30. The average Bonchev–Trinajstić information content (AvgIpc) is 2.16. The molecule has 0 amide bonds. The van der Waals surface area contributed by atoms with Crippen LogP contribution in [-0.4, -0.2) is 84.6 Å². The van der Waals surface area contributed by atoms with Crippen molar-refractivity contribution in [2.75, 3.05) is 0 Å². The Morgan fingerprint density at radius 2 is 0.875 bits per heavy atom. The molecule has 0 aliphatic rings. The molecule has 0 unspecified atom stereocenters. The first-order chi connectivity index (χ1) is 6.91. The zero-order valence-corrected chi connectivity index (χ0v) is 7.30. The Balaban J connectivity index is 0.00000225. The van der Waals surface area contributed by atoms with E-state index in [9.17, 15) is 14.4 Å². The molecule has 0 saturated heterocycles. The number of carboxylic acid groups (broad SMARTS) is 3. The molecular formula is C9H7KO6. The van der Waals surface area contributed by atoms with E-state index in [1.807, 2.05) is 0 Å². The molecule has 0 spiro atoms. The van der Waals surface area contributed by atoms with Crippen molar-refractivity contribution in [1.82, 2.24) is 0 Å². The second-order valence-electron chi connectivity index (χ2n) is 2.71. The van der Waals surface area contributed by atoms with Crippen LogP contribution in [0.25, 0.3) is 0 Å². The Hall–Kier alpha value is -0.734. The van der Waals surface area contributed by atoms with Crippen LogP contribution in [0.5, 0.6) is 0 Å². The molecule has 0 atom stereocenters. The number of rotatable bonds is 3. The standard InChI is InChI=1S/C9H6O6.K.H/c10-7(11)4-1-5(8(12)13)3-6(2-4)9(14)15;;/h1-3H,(H,10,11)(H,12,13)(H,14,15);;. The van der Waals surface area contributed by atoms with Gasteiger partial charge in [-0.25, -0.2) is 14.4 Å². The first kappa shape index (κ1) is 15.3. The molecule has 16 heavy (non-hydrogen) atoms. The van der Waals surface area contributed by atoms with Crippen molar-refractivity contribution < 1.29 is 29.7 Å². The van der Waals surface area contributed by atoms with Gasteiger partial charge in [0.25, 0.3) is 0 Å². The normalized spacial score (nSPS) is 9.00. The van der Waals surface area contributed by atoms with Crippen molar-refractivity contribution in [3.8, 4) is 0 Å². The van der Waals surface area contributed by atoms with E-state index in [4.69, 9.17) is 15.3 Å². The summed E-state index contributed by atoms with van der Waals surface area (Å²) in [4.78, 5) is 31.7. The van der Waals surface area contributed by atoms with Crippen molar-refractivity contribution in [3.05, 3.63) is 34.9 Å². The Labute approximate surface area is 132 Å². The Kier molecular flexibility index (Phi) is 5.83. The molecule has 7 heteroatoms.